The number of nitrogens with zero attached hydrogens (tertiary/aromatic N) is 1. The first-order valence-electron chi connectivity index (χ1n) is 10.1. The van der Waals surface area contributed by atoms with Crippen LogP contribution in [0.2, 0.25) is 0 Å². The maximum atomic E-state index is 14.6. The molecule has 2 heterocycles. The number of rotatable bonds is 4. The van der Waals surface area contributed by atoms with Gasteiger partial charge in [0.05, 0.1) is 12.1 Å². The minimum atomic E-state index is -4.99. The largest absolute Gasteiger partial charge is 0.493 e. The van der Waals surface area contributed by atoms with Crippen molar-refractivity contribution in [2.45, 2.75) is 44.4 Å². The van der Waals surface area contributed by atoms with E-state index in [1.165, 1.54) is 37.4 Å². The molecular weight excluding hydrogens is 410 g/mol. The molecule has 1 N–H and O–H groups in total. The van der Waals surface area contributed by atoms with Gasteiger partial charge in [0.2, 0.25) is 0 Å². The van der Waals surface area contributed by atoms with Gasteiger partial charge < -0.3 is 9.84 Å². The van der Waals surface area contributed by atoms with Crippen LogP contribution in [0.15, 0.2) is 48.7 Å². The van der Waals surface area contributed by atoms with Crippen LogP contribution in [0.3, 0.4) is 0 Å². The fraction of sp³-hybridized carbons (Fsp3) is 0.375. The Labute approximate surface area is 177 Å². The van der Waals surface area contributed by atoms with Gasteiger partial charge in [0, 0.05) is 40.6 Å². The topological polar surface area (TPSA) is 42.4 Å². The van der Waals surface area contributed by atoms with Crippen molar-refractivity contribution in [2.75, 3.05) is 6.61 Å². The number of fused-ring (bicyclic) bond motifs is 2. The molecule has 1 aliphatic rings. The Hall–Kier alpha value is -2.67. The van der Waals surface area contributed by atoms with E-state index in [4.69, 9.17) is 4.74 Å². The van der Waals surface area contributed by atoms with E-state index in [1.807, 2.05) is 0 Å². The highest BCUT2D eigenvalue weighted by atomic mass is 19.4. The standard InChI is InChI=1S/C24H23F4NO2/c1-14(22(2,3)19-13-16(25)12-15-9-11-31-21(15)19)23(30,24(26,27)28)18-8-10-29-20-7-5-4-6-17(18)20/h4-8,10,12-14,30H,9,11H2,1-3H3. The van der Waals surface area contributed by atoms with Gasteiger partial charge >= 0.3 is 6.18 Å². The average molecular weight is 433 g/mol. The van der Waals surface area contributed by atoms with E-state index in [1.54, 1.807) is 32.0 Å². The van der Waals surface area contributed by atoms with E-state index < -0.39 is 28.9 Å². The van der Waals surface area contributed by atoms with Crippen molar-refractivity contribution in [2.24, 2.45) is 5.92 Å². The molecule has 2 atom stereocenters. The number of ether oxygens (including phenoxy) is 1. The Kier molecular flexibility index (Phi) is 5.00. The first-order valence-corrected chi connectivity index (χ1v) is 10.1. The number of hydrogen-bond donors (Lipinski definition) is 1. The van der Waals surface area contributed by atoms with Gasteiger partial charge in [0.1, 0.15) is 11.6 Å². The van der Waals surface area contributed by atoms with Crippen molar-refractivity contribution in [3.8, 4) is 5.75 Å². The number of benzene rings is 2. The van der Waals surface area contributed by atoms with Crippen LogP contribution in [0, 0.1) is 11.7 Å². The summed E-state index contributed by atoms with van der Waals surface area (Å²) in [6.45, 7) is 4.84. The third-order valence-corrected chi connectivity index (χ3v) is 6.64. The highest BCUT2D eigenvalue weighted by molar-refractivity contribution is 5.83. The van der Waals surface area contributed by atoms with E-state index in [9.17, 15) is 22.7 Å². The monoisotopic (exact) mass is 433 g/mol. The van der Waals surface area contributed by atoms with Gasteiger partial charge in [-0.25, -0.2) is 4.39 Å². The molecule has 0 saturated heterocycles. The second kappa shape index (κ2) is 7.19. The maximum absolute atomic E-state index is 14.6. The van der Waals surface area contributed by atoms with Gasteiger partial charge in [-0.1, -0.05) is 39.0 Å². The second-order valence-corrected chi connectivity index (χ2v) is 8.62. The highest BCUT2D eigenvalue weighted by Crippen LogP contribution is 2.54. The van der Waals surface area contributed by atoms with Crippen molar-refractivity contribution in [1.82, 2.24) is 4.98 Å². The molecular formula is C24H23F4NO2. The zero-order valence-corrected chi connectivity index (χ0v) is 17.4. The number of pyridine rings is 1. The summed E-state index contributed by atoms with van der Waals surface area (Å²) in [4.78, 5) is 4.13. The van der Waals surface area contributed by atoms with Gasteiger partial charge in [-0.2, -0.15) is 13.2 Å². The number of halogens is 4. The molecule has 0 spiro atoms. The van der Waals surface area contributed by atoms with Gasteiger partial charge in [-0.15, -0.1) is 0 Å². The Bertz CT molecular complexity index is 1140. The minimum Gasteiger partial charge on any atom is -0.493 e. The summed E-state index contributed by atoms with van der Waals surface area (Å²) >= 11 is 0. The SMILES string of the molecule is CC(C(C)(C)c1cc(F)cc2c1OCC2)C(O)(c1ccnc2ccccc12)C(F)(F)F. The Balaban J connectivity index is 1.94. The number of aromatic nitrogens is 1. The van der Waals surface area contributed by atoms with Crippen LogP contribution < -0.4 is 4.74 Å². The number of hydrogen-bond acceptors (Lipinski definition) is 3. The summed E-state index contributed by atoms with van der Waals surface area (Å²) in [5, 5.41) is 11.6. The highest BCUT2D eigenvalue weighted by Gasteiger charge is 2.62. The fourth-order valence-corrected chi connectivity index (χ4v) is 4.56. The maximum Gasteiger partial charge on any atom is 0.421 e. The van der Waals surface area contributed by atoms with E-state index >= 15 is 0 Å². The van der Waals surface area contributed by atoms with E-state index in [2.05, 4.69) is 4.98 Å². The van der Waals surface area contributed by atoms with Gasteiger partial charge in [0.25, 0.3) is 0 Å². The predicted molar refractivity (Wildman–Crippen MR) is 109 cm³/mol. The van der Waals surface area contributed by atoms with Gasteiger partial charge in [0.15, 0.2) is 5.60 Å². The van der Waals surface area contributed by atoms with Gasteiger partial charge in [-0.05, 0) is 29.7 Å². The Morgan fingerprint density at radius 2 is 1.77 bits per heavy atom. The first-order chi connectivity index (χ1) is 14.5. The molecule has 0 fully saturated rings. The minimum absolute atomic E-state index is 0.216. The van der Waals surface area contributed by atoms with Gasteiger partial charge in [-0.3, -0.25) is 4.98 Å². The molecule has 0 bridgehead atoms. The lowest BCUT2D eigenvalue weighted by Crippen LogP contribution is -2.53. The molecule has 164 valence electrons. The molecule has 0 amide bonds. The first kappa shape index (κ1) is 21.6. The van der Waals surface area contributed by atoms with Crippen molar-refractivity contribution >= 4 is 10.9 Å². The van der Waals surface area contributed by atoms with Crippen LogP contribution >= 0.6 is 0 Å². The summed E-state index contributed by atoms with van der Waals surface area (Å²) < 4.78 is 63.8. The summed E-state index contributed by atoms with van der Waals surface area (Å²) in [5.41, 5.74) is -3.49. The number of alkyl halides is 3. The average Bonchev–Trinajstić information content (AvgIpc) is 3.18. The molecule has 0 aliphatic carbocycles. The normalized spacial score (nSPS) is 17.2. The van der Waals surface area contributed by atoms with Crippen molar-refractivity contribution in [1.29, 1.82) is 0 Å². The molecule has 0 saturated carbocycles. The van der Waals surface area contributed by atoms with Crippen molar-refractivity contribution in [3.05, 3.63) is 71.2 Å². The third kappa shape index (κ3) is 3.26. The lowest BCUT2D eigenvalue weighted by molar-refractivity contribution is -0.291. The second-order valence-electron chi connectivity index (χ2n) is 8.62. The molecule has 2 unspecified atom stereocenters. The lowest BCUT2D eigenvalue weighted by atomic mass is 9.64. The molecule has 31 heavy (non-hydrogen) atoms. The summed E-state index contributed by atoms with van der Waals surface area (Å²) in [6.07, 6.45) is -3.24. The van der Waals surface area contributed by atoms with Crippen LogP contribution in [0.25, 0.3) is 10.9 Å². The predicted octanol–water partition coefficient (Wildman–Crippen LogP) is 5.67. The summed E-state index contributed by atoms with van der Waals surface area (Å²) in [5.74, 6) is -1.52. The van der Waals surface area contributed by atoms with Crippen LogP contribution in [0.1, 0.15) is 37.5 Å². The zero-order chi connectivity index (χ0) is 22.6. The van der Waals surface area contributed by atoms with Crippen LogP contribution in [-0.4, -0.2) is 22.9 Å². The molecule has 0 radical (unpaired) electrons. The molecule has 2 aromatic carbocycles. The lowest BCUT2D eigenvalue weighted by Gasteiger charge is -2.45. The Morgan fingerprint density at radius 3 is 2.48 bits per heavy atom. The smallest absolute Gasteiger partial charge is 0.421 e. The van der Waals surface area contributed by atoms with Crippen LogP contribution in [-0.2, 0) is 17.4 Å². The summed E-state index contributed by atoms with van der Waals surface area (Å²) in [7, 11) is 0. The van der Waals surface area contributed by atoms with Crippen molar-refractivity contribution in [3.63, 3.8) is 0 Å². The number of para-hydroxylation sites is 1. The van der Waals surface area contributed by atoms with E-state index in [0.29, 0.717) is 35.4 Å². The van der Waals surface area contributed by atoms with E-state index in [0.717, 1.165) is 0 Å². The molecule has 1 aliphatic heterocycles. The number of aliphatic hydroxyl groups is 1. The molecule has 3 aromatic rings. The van der Waals surface area contributed by atoms with Crippen molar-refractivity contribution < 1.29 is 27.4 Å². The Morgan fingerprint density at radius 1 is 1.06 bits per heavy atom. The zero-order valence-electron chi connectivity index (χ0n) is 17.4. The summed E-state index contributed by atoms with van der Waals surface area (Å²) in [6, 6.07) is 10.1. The quantitative estimate of drug-likeness (QED) is 0.539. The van der Waals surface area contributed by atoms with Crippen LogP contribution in [0.4, 0.5) is 17.6 Å². The molecule has 1 aromatic heterocycles. The fourth-order valence-electron chi connectivity index (χ4n) is 4.56. The molecule has 3 nitrogen and oxygen atoms in total. The van der Waals surface area contributed by atoms with E-state index in [-0.39, 0.29) is 10.9 Å². The third-order valence-electron chi connectivity index (χ3n) is 6.64. The molecule has 7 heteroatoms. The van der Waals surface area contributed by atoms with Crippen LogP contribution in [0.5, 0.6) is 5.75 Å². The molecule has 4 rings (SSSR count).